The van der Waals surface area contributed by atoms with Gasteiger partial charge in [-0.15, -0.1) is 0 Å². The van der Waals surface area contributed by atoms with Gasteiger partial charge in [0.1, 0.15) is 11.7 Å². The van der Waals surface area contributed by atoms with Gasteiger partial charge in [-0.05, 0) is 11.1 Å². The average Bonchev–Trinajstić information content (AvgIpc) is 2.62. The molecule has 102 valence electrons. The zero-order chi connectivity index (χ0) is 13.9. The molecule has 0 spiro atoms. The minimum Gasteiger partial charge on any atom is -0.385 e. The Kier molecular flexibility index (Phi) is 4.04. The first kappa shape index (κ1) is 13.8. The lowest BCUT2D eigenvalue weighted by atomic mass is 9.85. The van der Waals surface area contributed by atoms with Crippen LogP contribution >= 0.6 is 0 Å². The van der Waals surface area contributed by atoms with E-state index in [2.05, 4.69) is 10.0 Å². The maximum atomic E-state index is 10.6. The molecule has 7 nitrogen and oxygen atoms in total. The molecule has 1 aromatic rings. The van der Waals surface area contributed by atoms with Crippen LogP contribution in [-0.4, -0.2) is 46.0 Å². The van der Waals surface area contributed by atoms with Crippen molar-refractivity contribution >= 4 is 0 Å². The first-order chi connectivity index (χ1) is 9.08. The molecular formula is C12H15N3O4. The molecule has 1 aromatic carbocycles. The van der Waals surface area contributed by atoms with Gasteiger partial charge in [-0.25, -0.2) is 0 Å². The molecule has 4 atom stereocenters. The van der Waals surface area contributed by atoms with Gasteiger partial charge in [0.25, 0.3) is 0 Å². The smallest absolute Gasteiger partial charge is 0.184 e. The number of benzene rings is 1. The van der Waals surface area contributed by atoms with Gasteiger partial charge in [-0.2, -0.15) is 0 Å². The topological polar surface area (TPSA) is 119 Å². The quantitative estimate of drug-likeness (QED) is 0.413. The zero-order valence-electron chi connectivity index (χ0n) is 10.1. The highest BCUT2D eigenvalue weighted by atomic mass is 16.6. The van der Waals surface area contributed by atoms with Gasteiger partial charge >= 0.3 is 0 Å². The Morgan fingerprint density at radius 1 is 1.32 bits per heavy atom. The van der Waals surface area contributed by atoms with E-state index in [9.17, 15) is 15.3 Å². The molecule has 0 bridgehead atoms. The summed E-state index contributed by atoms with van der Waals surface area (Å²) in [5, 5.41) is 33.3. The van der Waals surface area contributed by atoms with Crippen LogP contribution in [0.25, 0.3) is 10.4 Å². The lowest BCUT2D eigenvalue weighted by molar-refractivity contribution is -0.126. The number of nitrogens with zero attached hydrogens (tertiary/aromatic N) is 3. The Morgan fingerprint density at radius 3 is 2.63 bits per heavy atom. The van der Waals surface area contributed by atoms with Crippen molar-refractivity contribution in [2.45, 2.75) is 30.5 Å². The third-order valence-electron chi connectivity index (χ3n) is 3.28. The van der Waals surface area contributed by atoms with Gasteiger partial charge in [0, 0.05) is 11.3 Å². The zero-order valence-corrected chi connectivity index (χ0v) is 10.1. The first-order valence-electron chi connectivity index (χ1n) is 5.86. The molecule has 1 heterocycles. The maximum absolute atomic E-state index is 10.6. The SMILES string of the molecule is [N-]=[N+]=NC[C@H]1O[C@H](O)[C@H](O)[C@]1(O)Cc1ccccc1. The number of ether oxygens (including phenoxy) is 1. The predicted molar refractivity (Wildman–Crippen MR) is 66.0 cm³/mol. The van der Waals surface area contributed by atoms with E-state index in [0.717, 1.165) is 5.56 Å². The van der Waals surface area contributed by atoms with E-state index in [1.165, 1.54) is 0 Å². The third-order valence-corrected chi connectivity index (χ3v) is 3.28. The summed E-state index contributed by atoms with van der Waals surface area (Å²) in [4.78, 5) is 2.59. The fraction of sp³-hybridized carbons (Fsp3) is 0.500. The largest absolute Gasteiger partial charge is 0.385 e. The Hall–Kier alpha value is -1.63. The highest BCUT2D eigenvalue weighted by Crippen LogP contribution is 2.33. The standard InChI is InChI=1S/C12H15N3O4/c13-15-14-7-9-12(18,10(16)11(17)19-9)6-8-4-2-1-3-5-8/h1-5,9-11,16-18H,6-7H2/t9-,10+,11+,12+/m1/s1. The van der Waals surface area contributed by atoms with Crippen molar-refractivity contribution in [2.24, 2.45) is 5.11 Å². The Labute approximate surface area is 109 Å². The van der Waals surface area contributed by atoms with Crippen molar-refractivity contribution in [1.29, 1.82) is 0 Å². The summed E-state index contributed by atoms with van der Waals surface area (Å²) in [6.07, 6.45) is -3.80. The summed E-state index contributed by atoms with van der Waals surface area (Å²) >= 11 is 0. The molecule has 1 aliphatic rings. The summed E-state index contributed by atoms with van der Waals surface area (Å²) in [5.41, 5.74) is 7.41. The van der Waals surface area contributed by atoms with Crippen molar-refractivity contribution in [3.8, 4) is 0 Å². The van der Waals surface area contributed by atoms with Crippen LogP contribution in [0.5, 0.6) is 0 Å². The second-order valence-electron chi connectivity index (χ2n) is 4.53. The summed E-state index contributed by atoms with van der Waals surface area (Å²) in [7, 11) is 0. The number of hydrogen-bond donors (Lipinski definition) is 3. The third kappa shape index (κ3) is 2.70. The molecular weight excluding hydrogens is 250 g/mol. The van der Waals surface area contributed by atoms with Crippen LogP contribution in [-0.2, 0) is 11.2 Å². The van der Waals surface area contributed by atoms with Crippen molar-refractivity contribution in [3.05, 3.63) is 46.3 Å². The molecule has 0 unspecified atom stereocenters. The second-order valence-corrected chi connectivity index (χ2v) is 4.53. The van der Waals surface area contributed by atoms with Crippen LogP contribution in [0.2, 0.25) is 0 Å². The lowest BCUT2D eigenvalue weighted by Crippen LogP contribution is -2.51. The van der Waals surface area contributed by atoms with Crippen molar-refractivity contribution < 1.29 is 20.1 Å². The van der Waals surface area contributed by atoms with Crippen LogP contribution in [0, 0.1) is 0 Å². The molecule has 0 aliphatic carbocycles. The first-order valence-corrected chi connectivity index (χ1v) is 5.86. The molecule has 0 amide bonds. The van der Waals surface area contributed by atoms with E-state index >= 15 is 0 Å². The molecule has 2 rings (SSSR count). The molecule has 0 saturated carbocycles. The Bertz CT molecular complexity index is 477. The summed E-state index contributed by atoms with van der Waals surface area (Å²) in [6.45, 7) is -0.159. The Morgan fingerprint density at radius 2 is 2.00 bits per heavy atom. The molecule has 7 heteroatoms. The van der Waals surface area contributed by atoms with E-state index in [0.29, 0.717) is 0 Å². The van der Waals surface area contributed by atoms with Crippen molar-refractivity contribution in [3.63, 3.8) is 0 Å². The molecule has 1 saturated heterocycles. The van der Waals surface area contributed by atoms with Gasteiger partial charge in [-0.3, -0.25) is 0 Å². The van der Waals surface area contributed by atoms with E-state index in [1.807, 2.05) is 6.07 Å². The van der Waals surface area contributed by atoms with Crippen molar-refractivity contribution in [2.75, 3.05) is 6.54 Å². The van der Waals surface area contributed by atoms with E-state index < -0.39 is 24.1 Å². The number of azide groups is 1. The van der Waals surface area contributed by atoms with Gasteiger partial charge in [0.15, 0.2) is 6.29 Å². The minimum absolute atomic E-state index is 0.0949. The number of hydrogen-bond acceptors (Lipinski definition) is 5. The summed E-state index contributed by atoms with van der Waals surface area (Å²) in [5.74, 6) is 0. The maximum Gasteiger partial charge on any atom is 0.184 e. The molecule has 1 aliphatic heterocycles. The molecule has 3 N–H and O–H groups in total. The highest BCUT2D eigenvalue weighted by Gasteiger charge is 2.54. The number of aliphatic hydroxyl groups is 3. The fourth-order valence-corrected chi connectivity index (χ4v) is 2.25. The van der Waals surface area contributed by atoms with Gasteiger partial charge in [0.2, 0.25) is 0 Å². The Balaban J connectivity index is 2.23. The second kappa shape index (κ2) is 5.56. The molecule has 1 fully saturated rings. The molecule has 0 radical (unpaired) electrons. The van der Waals surface area contributed by atoms with Crippen LogP contribution < -0.4 is 0 Å². The number of rotatable bonds is 4. The van der Waals surface area contributed by atoms with Crippen molar-refractivity contribution in [1.82, 2.24) is 0 Å². The molecule has 19 heavy (non-hydrogen) atoms. The van der Waals surface area contributed by atoms with Crippen LogP contribution in [0.3, 0.4) is 0 Å². The fourth-order valence-electron chi connectivity index (χ4n) is 2.25. The summed E-state index contributed by atoms with van der Waals surface area (Å²) < 4.78 is 5.05. The van der Waals surface area contributed by atoms with E-state index in [1.54, 1.807) is 24.3 Å². The van der Waals surface area contributed by atoms with E-state index in [-0.39, 0.29) is 13.0 Å². The normalized spacial score (nSPS) is 33.9. The van der Waals surface area contributed by atoms with Crippen LogP contribution in [0.1, 0.15) is 5.56 Å². The predicted octanol–water partition coefficient (Wildman–Crippen LogP) is 0.349. The lowest BCUT2D eigenvalue weighted by Gasteiger charge is -2.30. The minimum atomic E-state index is -1.69. The monoisotopic (exact) mass is 265 g/mol. The molecule has 0 aromatic heterocycles. The highest BCUT2D eigenvalue weighted by molar-refractivity contribution is 5.20. The van der Waals surface area contributed by atoms with E-state index in [4.69, 9.17) is 10.3 Å². The average molecular weight is 265 g/mol. The van der Waals surface area contributed by atoms with Gasteiger partial charge in [0.05, 0.1) is 12.6 Å². The van der Waals surface area contributed by atoms with Crippen LogP contribution in [0.15, 0.2) is 35.4 Å². The number of aliphatic hydroxyl groups excluding tert-OH is 2. The van der Waals surface area contributed by atoms with Crippen LogP contribution in [0.4, 0.5) is 0 Å². The van der Waals surface area contributed by atoms with Gasteiger partial charge < -0.3 is 20.1 Å². The summed E-state index contributed by atoms with van der Waals surface area (Å²) in [6, 6.07) is 9.03. The van der Waals surface area contributed by atoms with Gasteiger partial charge in [-0.1, -0.05) is 35.4 Å².